The van der Waals surface area contributed by atoms with Crippen molar-refractivity contribution in [3.8, 4) is 0 Å². The molecule has 0 N–H and O–H groups in total. The zero-order chi connectivity index (χ0) is 33.0. The Morgan fingerprint density at radius 2 is 1.80 bits per heavy atom. The zero-order valence-electron chi connectivity index (χ0n) is 27.0. The summed E-state index contributed by atoms with van der Waals surface area (Å²) >= 11 is 6.66. The summed E-state index contributed by atoms with van der Waals surface area (Å²) in [6.45, 7) is 10.9. The minimum atomic E-state index is -0.694. The van der Waals surface area contributed by atoms with Gasteiger partial charge in [0, 0.05) is 31.7 Å². The van der Waals surface area contributed by atoms with Gasteiger partial charge in [0.2, 0.25) is 0 Å². The lowest BCUT2D eigenvalue weighted by Gasteiger charge is -2.43. The lowest BCUT2D eigenvalue weighted by molar-refractivity contribution is 0.0120. The average molecular weight is 646 g/mol. The first-order valence-electron chi connectivity index (χ1n) is 15.8. The SMILES string of the molecule is CCOC(=O)c1cnc(N2CCC(CN(C(=O)OC(C)(C)C)[C@H](C)c3cccc4ccccc34)C(c3ccccc3F)C2)c(Cl)c1. The van der Waals surface area contributed by atoms with Gasteiger partial charge in [-0.1, -0.05) is 72.3 Å². The van der Waals surface area contributed by atoms with E-state index in [1.165, 1.54) is 12.3 Å². The van der Waals surface area contributed by atoms with E-state index in [-0.39, 0.29) is 35.9 Å². The molecule has 242 valence electrons. The van der Waals surface area contributed by atoms with Gasteiger partial charge in [0.1, 0.15) is 17.2 Å². The Kier molecular flexibility index (Phi) is 10.2. The molecule has 0 aliphatic carbocycles. The highest BCUT2D eigenvalue weighted by Gasteiger charge is 2.38. The fourth-order valence-corrected chi connectivity index (χ4v) is 6.56. The van der Waals surface area contributed by atoms with E-state index in [1.54, 1.807) is 30.0 Å². The summed E-state index contributed by atoms with van der Waals surface area (Å²) in [6, 6.07) is 22.3. The molecule has 1 amide bonds. The molecule has 1 aliphatic rings. The van der Waals surface area contributed by atoms with Crippen LogP contribution in [-0.2, 0) is 9.47 Å². The smallest absolute Gasteiger partial charge is 0.410 e. The number of ether oxygens (including phenoxy) is 2. The highest BCUT2D eigenvalue weighted by molar-refractivity contribution is 6.33. The van der Waals surface area contributed by atoms with E-state index in [4.69, 9.17) is 21.1 Å². The van der Waals surface area contributed by atoms with E-state index in [0.29, 0.717) is 42.5 Å². The quantitative estimate of drug-likeness (QED) is 0.178. The maximum absolute atomic E-state index is 15.5. The van der Waals surface area contributed by atoms with Crippen molar-refractivity contribution in [1.29, 1.82) is 0 Å². The molecular weight excluding hydrogens is 605 g/mol. The van der Waals surface area contributed by atoms with E-state index in [9.17, 15) is 9.59 Å². The van der Waals surface area contributed by atoms with Crippen LogP contribution >= 0.6 is 11.6 Å². The van der Waals surface area contributed by atoms with Gasteiger partial charge in [0.15, 0.2) is 0 Å². The van der Waals surface area contributed by atoms with Gasteiger partial charge in [0.05, 0.1) is 23.2 Å². The molecule has 3 aromatic carbocycles. The highest BCUT2D eigenvalue weighted by atomic mass is 35.5. The monoisotopic (exact) mass is 645 g/mol. The van der Waals surface area contributed by atoms with Crippen LogP contribution in [-0.4, -0.2) is 53.8 Å². The summed E-state index contributed by atoms with van der Waals surface area (Å²) in [7, 11) is 0. The number of carbonyl (C=O) groups excluding carboxylic acids is 2. The van der Waals surface area contributed by atoms with Crippen LogP contribution in [0, 0.1) is 11.7 Å². The Bertz CT molecular complexity index is 1700. The normalized spacial score (nSPS) is 17.4. The molecule has 1 fully saturated rings. The Balaban J connectivity index is 1.49. The van der Waals surface area contributed by atoms with Crippen molar-refractivity contribution in [3.05, 3.63) is 107 Å². The Morgan fingerprint density at radius 1 is 1.09 bits per heavy atom. The van der Waals surface area contributed by atoms with Crippen molar-refractivity contribution in [1.82, 2.24) is 9.88 Å². The second-order valence-corrected chi connectivity index (χ2v) is 13.2. The zero-order valence-corrected chi connectivity index (χ0v) is 27.8. The number of hydrogen-bond donors (Lipinski definition) is 0. The summed E-state index contributed by atoms with van der Waals surface area (Å²) in [5.74, 6) is -0.670. The van der Waals surface area contributed by atoms with Crippen molar-refractivity contribution < 1.29 is 23.5 Å². The maximum atomic E-state index is 15.5. The second-order valence-electron chi connectivity index (χ2n) is 12.7. The molecule has 0 bridgehead atoms. The summed E-state index contributed by atoms with van der Waals surface area (Å²) < 4.78 is 26.5. The van der Waals surface area contributed by atoms with E-state index in [2.05, 4.69) is 29.2 Å². The van der Waals surface area contributed by atoms with Gasteiger partial charge in [-0.15, -0.1) is 0 Å². The average Bonchev–Trinajstić information content (AvgIpc) is 3.02. The number of piperidine rings is 1. The number of aromatic nitrogens is 1. The molecule has 1 saturated heterocycles. The van der Waals surface area contributed by atoms with Crippen LogP contribution in [0.1, 0.15) is 74.5 Å². The Labute approximate surface area is 275 Å². The van der Waals surface area contributed by atoms with E-state index in [1.807, 2.05) is 56.9 Å². The number of hydrogen-bond acceptors (Lipinski definition) is 6. The lowest BCUT2D eigenvalue weighted by atomic mass is 9.79. The third-order valence-corrected chi connectivity index (χ3v) is 8.77. The molecule has 0 radical (unpaired) electrons. The molecule has 0 spiro atoms. The molecule has 5 rings (SSSR count). The molecule has 1 aliphatic heterocycles. The van der Waals surface area contributed by atoms with Crippen LogP contribution in [0.5, 0.6) is 0 Å². The molecule has 2 unspecified atom stereocenters. The number of fused-ring (bicyclic) bond motifs is 1. The number of amides is 1. The summed E-state index contributed by atoms with van der Waals surface area (Å²) in [4.78, 5) is 34.5. The van der Waals surface area contributed by atoms with Crippen LogP contribution in [0.3, 0.4) is 0 Å². The van der Waals surface area contributed by atoms with Crippen LogP contribution in [0.4, 0.5) is 15.0 Å². The van der Waals surface area contributed by atoms with Gasteiger partial charge in [-0.3, -0.25) is 0 Å². The predicted octanol–water partition coefficient (Wildman–Crippen LogP) is 8.81. The topological polar surface area (TPSA) is 72.0 Å². The second kappa shape index (κ2) is 14.1. The molecular formula is C37H41ClFN3O4. The number of nitrogens with zero attached hydrogens (tertiary/aromatic N) is 3. The van der Waals surface area contributed by atoms with Crippen LogP contribution in [0.2, 0.25) is 5.02 Å². The van der Waals surface area contributed by atoms with Crippen molar-refractivity contribution in [2.45, 2.75) is 58.6 Å². The molecule has 7 nitrogen and oxygen atoms in total. The Morgan fingerprint density at radius 3 is 2.52 bits per heavy atom. The minimum Gasteiger partial charge on any atom is -0.462 e. The van der Waals surface area contributed by atoms with Gasteiger partial charge in [-0.2, -0.15) is 0 Å². The van der Waals surface area contributed by atoms with Crippen molar-refractivity contribution >= 4 is 40.3 Å². The molecule has 3 atom stereocenters. The summed E-state index contributed by atoms with van der Waals surface area (Å²) in [5, 5.41) is 2.47. The summed E-state index contributed by atoms with van der Waals surface area (Å²) in [5.41, 5.74) is 1.16. The molecule has 9 heteroatoms. The number of halogens is 2. The fourth-order valence-electron chi connectivity index (χ4n) is 6.28. The van der Waals surface area contributed by atoms with Crippen molar-refractivity contribution in [2.24, 2.45) is 5.92 Å². The number of carbonyl (C=O) groups is 2. The van der Waals surface area contributed by atoms with E-state index in [0.717, 1.165) is 16.3 Å². The van der Waals surface area contributed by atoms with Gasteiger partial charge < -0.3 is 19.3 Å². The van der Waals surface area contributed by atoms with Gasteiger partial charge in [0.25, 0.3) is 0 Å². The number of rotatable bonds is 8. The number of anilines is 1. The first-order valence-corrected chi connectivity index (χ1v) is 16.1. The third kappa shape index (κ3) is 7.44. The fraction of sp³-hybridized carbons (Fsp3) is 0.378. The van der Waals surface area contributed by atoms with Crippen LogP contribution in [0.15, 0.2) is 79.0 Å². The van der Waals surface area contributed by atoms with Gasteiger partial charge >= 0.3 is 12.1 Å². The standard InChI is InChI=1S/C37H41ClFN3O4/c1-6-45-35(43)27-20-32(38)34(40-21-27)41-19-18-26(31(23-41)30-15-9-10-17-33(30)39)22-42(36(44)46-37(3,4)5)24(2)28-16-11-13-25-12-7-8-14-29(25)28/h7-17,20-21,24,26,31H,6,18-19,22-23H2,1-5H3/t24-,26?,31?/m1/s1. The molecule has 2 heterocycles. The van der Waals surface area contributed by atoms with Crippen molar-refractivity contribution in [2.75, 3.05) is 31.1 Å². The molecule has 1 aromatic heterocycles. The number of esters is 1. The molecule has 4 aromatic rings. The third-order valence-electron chi connectivity index (χ3n) is 8.49. The molecule has 46 heavy (non-hydrogen) atoms. The predicted molar refractivity (Wildman–Crippen MR) is 180 cm³/mol. The first-order chi connectivity index (χ1) is 22.0. The maximum Gasteiger partial charge on any atom is 0.410 e. The first kappa shape index (κ1) is 33.2. The minimum absolute atomic E-state index is 0.101. The lowest BCUT2D eigenvalue weighted by Crippen LogP contribution is -2.47. The van der Waals surface area contributed by atoms with Gasteiger partial charge in [-0.05, 0) is 81.0 Å². The van der Waals surface area contributed by atoms with E-state index >= 15 is 4.39 Å². The van der Waals surface area contributed by atoms with Crippen LogP contribution < -0.4 is 4.90 Å². The number of pyridine rings is 1. The highest BCUT2D eigenvalue weighted by Crippen LogP contribution is 2.40. The molecule has 0 saturated carbocycles. The van der Waals surface area contributed by atoms with E-state index < -0.39 is 17.7 Å². The van der Waals surface area contributed by atoms with Gasteiger partial charge in [-0.25, -0.2) is 19.0 Å². The largest absolute Gasteiger partial charge is 0.462 e. The van der Waals surface area contributed by atoms with Crippen molar-refractivity contribution in [3.63, 3.8) is 0 Å². The summed E-state index contributed by atoms with van der Waals surface area (Å²) in [6.07, 6.45) is 1.68. The van der Waals surface area contributed by atoms with Crippen LogP contribution in [0.25, 0.3) is 10.8 Å². The number of benzene rings is 3. The Hall–Kier alpha value is -4.17.